The molecule has 112 valence electrons. The highest BCUT2D eigenvalue weighted by molar-refractivity contribution is 5.97. The van der Waals surface area contributed by atoms with E-state index in [-0.39, 0.29) is 5.56 Å². The van der Waals surface area contributed by atoms with Crippen molar-refractivity contribution in [3.05, 3.63) is 39.7 Å². The molecular formula is C13H13FN2O5. The molecule has 1 aliphatic rings. The Morgan fingerprint density at radius 2 is 2.19 bits per heavy atom. The van der Waals surface area contributed by atoms with Gasteiger partial charge in [0.15, 0.2) is 0 Å². The summed E-state index contributed by atoms with van der Waals surface area (Å²) in [4.78, 5) is 34.9. The Kier molecular flexibility index (Phi) is 4.15. The molecule has 0 saturated carbocycles. The van der Waals surface area contributed by atoms with Crippen molar-refractivity contribution in [3.63, 3.8) is 0 Å². The zero-order valence-corrected chi connectivity index (χ0v) is 11.2. The van der Waals surface area contributed by atoms with Crippen molar-refractivity contribution in [2.24, 2.45) is 0 Å². The highest BCUT2D eigenvalue weighted by atomic mass is 19.1. The topological polar surface area (TPSA) is 89.8 Å². The maximum absolute atomic E-state index is 13.9. The molecule has 21 heavy (non-hydrogen) atoms. The highest BCUT2D eigenvalue weighted by Crippen LogP contribution is 2.24. The van der Waals surface area contributed by atoms with Gasteiger partial charge in [0.25, 0.3) is 11.6 Å². The van der Waals surface area contributed by atoms with Crippen LogP contribution in [0.2, 0.25) is 0 Å². The van der Waals surface area contributed by atoms with E-state index in [1.807, 2.05) is 0 Å². The van der Waals surface area contributed by atoms with E-state index in [1.165, 1.54) is 12.0 Å². The van der Waals surface area contributed by atoms with Gasteiger partial charge in [0.05, 0.1) is 23.7 Å². The van der Waals surface area contributed by atoms with Gasteiger partial charge in [-0.2, -0.15) is 0 Å². The Balaban J connectivity index is 2.27. The average Bonchev–Trinajstić information content (AvgIpc) is 2.94. The van der Waals surface area contributed by atoms with Crippen LogP contribution in [-0.2, 0) is 9.53 Å². The van der Waals surface area contributed by atoms with Crippen molar-refractivity contribution in [1.82, 2.24) is 4.90 Å². The van der Waals surface area contributed by atoms with Crippen LogP contribution in [0.1, 0.15) is 23.2 Å². The van der Waals surface area contributed by atoms with E-state index < -0.39 is 34.3 Å². The number of rotatable bonds is 3. The molecule has 7 nitrogen and oxygen atoms in total. The van der Waals surface area contributed by atoms with Crippen molar-refractivity contribution in [2.75, 3.05) is 13.7 Å². The highest BCUT2D eigenvalue weighted by Gasteiger charge is 2.36. The van der Waals surface area contributed by atoms with Crippen LogP contribution in [0.15, 0.2) is 18.2 Å². The third-order valence-electron chi connectivity index (χ3n) is 3.38. The van der Waals surface area contributed by atoms with Crippen LogP contribution in [0, 0.1) is 15.9 Å². The first kappa shape index (κ1) is 14.9. The summed E-state index contributed by atoms with van der Waals surface area (Å²) in [7, 11) is 1.22. The molecule has 1 heterocycles. The SMILES string of the molecule is COC(=O)C1CCCN1C(=O)c1ccc([N+](=O)[O-])cc1F. The zero-order valence-electron chi connectivity index (χ0n) is 11.2. The number of nitro groups is 1. The third-order valence-corrected chi connectivity index (χ3v) is 3.38. The van der Waals surface area contributed by atoms with Gasteiger partial charge in [-0.05, 0) is 18.9 Å². The van der Waals surface area contributed by atoms with Crippen LogP contribution in [0.4, 0.5) is 10.1 Å². The molecular weight excluding hydrogens is 283 g/mol. The van der Waals surface area contributed by atoms with E-state index in [2.05, 4.69) is 4.74 Å². The van der Waals surface area contributed by atoms with Gasteiger partial charge in [-0.25, -0.2) is 9.18 Å². The molecule has 8 heteroatoms. The van der Waals surface area contributed by atoms with Crippen LogP contribution < -0.4 is 0 Å². The predicted molar refractivity (Wildman–Crippen MR) is 69.1 cm³/mol. The van der Waals surface area contributed by atoms with E-state index in [4.69, 9.17) is 0 Å². The Morgan fingerprint density at radius 3 is 2.76 bits per heavy atom. The molecule has 1 aromatic carbocycles. The first-order valence-corrected chi connectivity index (χ1v) is 6.28. The van der Waals surface area contributed by atoms with Gasteiger partial charge in [0, 0.05) is 12.6 Å². The molecule has 1 aliphatic heterocycles. The van der Waals surface area contributed by atoms with Crippen LogP contribution in [0.5, 0.6) is 0 Å². The second kappa shape index (κ2) is 5.86. The number of halogens is 1. The Bertz CT molecular complexity index is 604. The van der Waals surface area contributed by atoms with E-state index >= 15 is 0 Å². The minimum absolute atomic E-state index is 0.295. The van der Waals surface area contributed by atoms with Crippen molar-refractivity contribution in [1.29, 1.82) is 0 Å². The summed E-state index contributed by atoms with van der Waals surface area (Å²) in [6.07, 6.45) is 1.06. The van der Waals surface area contributed by atoms with Crippen molar-refractivity contribution in [3.8, 4) is 0 Å². The summed E-state index contributed by atoms with van der Waals surface area (Å²) in [6.45, 7) is 0.315. The number of ether oxygens (including phenoxy) is 1. The van der Waals surface area contributed by atoms with E-state index in [0.29, 0.717) is 25.5 Å². The number of benzene rings is 1. The molecule has 1 fully saturated rings. The molecule has 0 aliphatic carbocycles. The fraction of sp³-hybridized carbons (Fsp3) is 0.385. The van der Waals surface area contributed by atoms with Gasteiger partial charge >= 0.3 is 5.97 Å². The first-order chi connectivity index (χ1) is 9.95. The van der Waals surface area contributed by atoms with Gasteiger partial charge in [0.1, 0.15) is 11.9 Å². The molecule has 0 radical (unpaired) electrons. The van der Waals surface area contributed by atoms with E-state index in [9.17, 15) is 24.1 Å². The van der Waals surface area contributed by atoms with Crippen LogP contribution in [0.3, 0.4) is 0 Å². The number of non-ortho nitro benzene ring substituents is 1. The summed E-state index contributed by atoms with van der Waals surface area (Å²) < 4.78 is 18.5. The number of methoxy groups -OCH3 is 1. The second-order valence-corrected chi connectivity index (χ2v) is 4.60. The molecule has 1 saturated heterocycles. The van der Waals surface area contributed by atoms with Gasteiger partial charge in [0.2, 0.25) is 0 Å². The Morgan fingerprint density at radius 1 is 1.48 bits per heavy atom. The number of carbonyl (C=O) groups excluding carboxylic acids is 2. The molecule has 2 rings (SSSR count). The zero-order chi connectivity index (χ0) is 15.6. The van der Waals surface area contributed by atoms with Gasteiger partial charge in [-0.3, -0.25) is 14.9 Å². The number of esters is 1. The minimum Gasteiger partial charge on any atom is -0.467 e. The van der Waals surface area contributed by atoms with Gasteiger partial charge in [-0.1, -0.05) is 0 Å². The third kappa shape index (κ3) is 2.83. The fourth-order valence-electron chi connectivity index (χ4n) is 2.34. The Hall–Kier alpha value is -2.51. The number of likely N-dealkylation sites (tertiary alicyclic amines) is 1. The fourth-order valence-corrected chi connectivity index (χ4v) is 2.34. The number of hydrogen-bond donors (Lipinski definition) is 0. The molecule has 0 bridgehead atoms. The van der Waals surface area contributed by atoms with E-state index in [0.717, 1.165) is 12.1 Å². The second-order valence-electron chi connectivity index (χ2n) is 4.60. The summed E-state index contributed by atoms with van der Waals surface area (Å²) in [6, 6.07) is 2.07. The monoisotopic (exact) mass is 296 g/mol. The Labute approximate surface area is 119 Å². The maximum Gasteiger partial charge on any atom is 0.328 e. The number of amides is 1. The summed E-state index contributed by atoms with van der Waals surface area (Å²) in [5, 5.41) is 10.6. The van der Waals surface area contributed by atoms with Crippen molar-refractivity contribution < 1.29 is 23.6 Å². The van der Waals surface area contributed by atoms with Crippen LogP contribution in [-0.4, -0.2) is 41.4 Å². The molecule has 1 atom stereocenters. The smallest absolute Gasteiger partial charge is 0.328 e. The summed E-state index contributed by atoms with van der Waals surface area (Å²) in [5.74, 6) is -2.21. The van der Waals surface area contributed by atoms with Crippen LogP contribution in [0.25, 0.3) is 0 Å². The van der Waals surface area contributed by atoms with Crippen LogP contribution >= 0.6 is 0 Å². The first-order valence-electron chi connectivity index (χ1n) is 6.28. The van der Waals surface area contributed by atoms with Gasteiger partial charge < -0.3 is 9.64 Å². The number of hydrogen-bond acceptors (Lipinski definition) is 5. The lowest BCUT2D eigenvalue weighted by Crippen LogP contribution is -2.41. The molecule has 1 unspecified atom stereocenters. The maximum atomic E-state index is 13.9. The number of nitro benzene ring substituents is 1. The summed E-state index contributed by atoms with van der Waals surface area (Å²) in [5.41, 5.74) is -0.730. The molecule has 1 aromatic rings. The molecule has 0 N–H and O–H groups in total. The summed E-state index contributed by atoms with van der Waals surface area (Å²) >= 11 is 0. The number of carbonyl (C=O) groups is 2. The predicted octanol–water partition coefficient (Wildman–Crippen LogP) is 1.51. The van der Waals surface area contributed by atoms with Crippen molar-refractivity contribution in [2.45, 2.75) is 18.9 Å². The number of nitrogens with zero attached hydrogens (tertiary/aromatic N) is 2. The lowest BCUT2D eigenvalue weighted by atomic mass is 10.1. The standard InChI is InChI=1S/C13H13FN2O5/c1-21-13(18)11-3-2-6-15(11)12(17)9-5-4-8(16(19)20)7-10(9)14/h4-5,7,11H,2-3,6H2,1H3. The quantitative estimate of drug-likeness (QED) is 0.479. The largest absolute Gasteiger partial charge is 0.467 e. The lowest BCUT2D eigenvalue weighted by Gasteiger charge is -2.22. The van der Waals surface area contributed by atoms with Crippen molar-refractivity contribution >= 4 is 17.6 Å². The molecule has 0 spiro atoms. The average molecular weight is 296 g/mol. The molecule has 0 aromatic heterocycles. The molecule has 1 amide bonds. The normalized spacial score (nSPS) is 17.6. The van der Waals surface area contributed by atoms with E-state index in [1.54, 1.807) is 0 Å². The lowest BCUT2D eigenvalue weighted by molar-refractivity contribution is -0.385. The van der Waals surface area contributed by atoms with Gasteiger partial charge in [-0.15, -0.1) is 0 Å². The minimum atomic E-state index is -0.982.